The third-order valence-electron chi connectivity index (χ3n) is 19.6. The number of unbranched alkanes of at least 4 members (excludes halogenated alkanes) is 53. The Morgan fingerprint density at radius 3 is 0.703 bits per heavy atom. The topological polar surface area (TPSA) is 237 Å². The van der Waals surface area contributed by atoms with Gasteiger partial charge in [0.25, 0.3) is 0 Å². The van der Waals surface area contributed by atoms with Gasteiger partial charge in [-0.05, 0) is 31.6 Å². The lowest BCUT2D eigenvalue weighted by molar-refractivity contribution is -0.161. The lowest BCUT2D eigenvalue weighted by Crippen LogP contribution is -2.30. The molecule has 0 aliphatic heterocycles. The largest absolute Gasteiger partial charge is 0.472 e. The molecule has 101 heavy (non-hydrogen) atoms. The van der Waals surface area contributed by atoms with Gasteiger partial charge in [-0.1, -0.05) is 388 Å². The molecular weight excluding hydrogens is 1320 g/mol. The van der Waals surface area contributed by atoms with E-state index < -0.39 is 97.5 Å². The van der Waals surface area contributed by atoms with E-state index in [-0.39, 0.29) is 25.7 Å². The number of aliphatic hydroxyl groups excluding tert-OH is 1. The molecule has 0 fully saturated rings. The number of carbonyl (C=O) groups is 4. The predicted octanol–water partition coefficient (Wildman–Crippen LogP) is 24.8. The number of hydrogen-bond donors (Lipinski definition) is 3. The number of carbonyl (C=O) groups excluding carboxylic acids is 4. The van der Waals surface area contributed by atoms with E-state index in [1.807, 2.05) is 0 Å². The van der Waals surface area contributed by atoms with Crippen molar-refractivity contribution in [3.63, 3.8) is 0 Å². The standard InChI is InChI=1S/C82H160O17P2/c1-6-10-13-16-19-21-23-25-27-29-30-32-34-40-44-48-53-58-63-68-82(87)99-78(72-93-80(85)66-61-56-51-46-42-38-36-35-37-41-45-50-54-59-64-75(5)9-4)74-97-101(90,91)95-70-76(83)69-94-100(88,89)96-73-77(71-92-79(84)65-60-55-49-18-15-12-8-3)98-81(86)67-62-57-52-47-43-39-33-31-28-26-24-22-20-17-14-11-7-2/h75-78,83H,6-74H2,1-5H3,(H,88,89)(H,90,91)/t75?,76-,77+,78+/m0/s1. The molecule has 6 atom stereocenters. The highest BCUT2D eigenvalue weighted by Gasteiger charge is 2.30. The molecular formula is C82H160O17P2. The van der Waals surface area contributed by atoms with Crippen molar-refractivity contribution in [2.45, 2.75) is 457 Å². The molecule has 0 radical (unpaired) electrons. The van der Waals surface area contributed by atoms with Gasteiger partial charge in [-0.2, -0.15) is 0 Å². The molecule has 0 aliphatic carbocycles. The number of aliphatic hydroxyl groups is 1. The molecule has 0 heterocycles. The lowest BCUT2D eigenvalue weighted by atomic mass is 9.99. The fourth-order valence-electron chi connectivity index (χ4n) is 12.7. The number of esters is 4. The molecule has 600 valence electrons. The summed E-state index contributed by atoms with van der Waals surface area (Å²) in [5.74, 6) is -1.26. The monoisotopic (exact) mass is 1480 g/mol. The highest BCUT2D eigenvalue weighted by Crippen LogP contribution is 2.45. The molecule has 3 unspecified atom stereocenters. The Labute approximate surface area is 619 Å². The molecule has 3 N–H and O–H groups in total. The minimum atomic E-state index is -4.96. The van der Waals surface area contributed by atoms with E-state index in [1.165, 1.54) is 250 Å². The fraction of sp³-hybridized carbons (Fsp3) is 0.951. The quantitative estimate of drug-likeness (QED) is 0.0222. The number of hydrogen-bond acceptors (Lipinski definition) is 15. The van der Waals surface area contributed by atoms with Gasteiger partial charge in [0, 0.05) is 25.7 Å². The first-order valence-electron chi connectivity index (χ1n) is 42.7. The zero-order valence-electron chi connectivity index (χ0n) is 66.1. The summed E-state index contributed by atoms with van der Waals surface area (Å²) in [6.45, 7) is 7.36. The Hall–Kier alpha value is -1.94. The van der Waals surface area contributed by atoms with Crippen molar-refractivity contribution in [2.24, 2.45) is 5.92 Å². The summed E-state index contributed by atoms with van der Waals surface area (Å²) in [4.78, 5) is 72.9. The van der Waals surface area contributed by atoms with E-state index >= 15 is 0 Å². The van der Waals surface area contributed by atoms with Crippen LogP contribution in [-0.2, 0) is 65.4 Å². The van der Waals surface area contributed by atoms with Crippen LogP contribution in [0.4, 0.5) is 0 Å². The van der Waals surface area contributed by atoms with Crippen molar-refractivity contribution in [1.29, 1.82) is 0 Å². The average molecular weight is 1480 g/mol. The maximum absolute atomic E-state index is 13.1. The predicted molar refractivity (Wildman–Crippen MR) is 414 cm³/mol. The zero-order chi connectivity index (χ0) is 74.1. The third kappa shape index (κ3) is 74.7. The summed E-state index contributed by atoms with van der Waals surface area (Å²) >= 11 is 0. The molecule has 19 heteroatoms. The van der Waals surface area contributed by atoms with Crippen LogP contribution in [0.25, 0.3) is 0 Å². The molecule has 0 aromatic carbocycles. The number of rotatable bonds is 82. The third-order valence-corrected chi connectivity index (χ3v) is 21.5. The van der Waals surface area contributed by atoms with Gasteiger partial charge in [0.05, 0.1) is 26.4 Å². The normalized spacial score (nSPS) is 14.1. The first kappa shape index (κ1) is 99.1. The molecule has 0 spiro atoms. The lowest BCUT2D eigenvalue weighted by Gasteiger charge is -2.21. The van der Waals surface area contributed by atoms with Gasteiger partial charge in [-0.15, -0.1) is 0 Å². The van der Waals surface area contributed by atoms with E-state index in [4.69, 9.17) is 37.0 Å². The zero-order valence-corrected chi connectivity index (χ0v) is 67.8. The van der Waals surface area contributed by atoms with Crippen LogP contribution in [0.15, 0.2) is 0 Å². The van der Waals surface area contributed by atoms with Crippen molar-refractivity contribution >= 4 is 39.5 Å². The Bertz CT molecular complexity index is 1930. The first-order valence-corrected chi connectivity index (χ1v) is 45.7. The maximum atomic E-state index is 13.1. The minimum absolute atomic E-state index is 0.108. The second kappa shape index (κ2) is 74.9. The van der Waals surface area contributed by atoms with Crippen molar-refractivity contribution < 1.29 is 80.2 Å². The van der Waals surface area contributed by atoms with Crippen LogP contribution in [0.5, 0.6) is 0 Å². The van der Waals surface area contributed by atoms with E-state index in [9.17, 15) is 43.2 Å². The molecule has 0 aliphatic rings. The summed E-state index contributed by atoms with van der Waals surface area (Å²) in [5, 5.41) is 10.6. The number of phosphoric ester groups is 2. The van der Waals surface area contributed by atoms with Gasteiger partial charge >= 0.3 is 39.5 Å². The number of ether oxygens (including phenoxy) is 4. The molecule has 0 rings (SSSR count). The number of phosphoric acid groups is 2. The van der Waals surface area contributed by atoms with Crippen molar-refractivity contribution in [1.82, 2.24) is 0 Å². The van der Waals surface area contributed by atoms with Crippen LogP contribution in [0.1, 0.15) is 439 Å². The van der Waals surface area contributed by atoms with Gasteiger partial charge in [0.1, 0.15) is 19.3 Å². The minimum Gasteiger partial charge on any atom is -0.462 e. The van der Waals surface area contributed by atoms with Crippen LogP contribution < -0.4 is 0 Å². The van der Waals surface area contributed by atoms with Crippen molar-refractivity contribution in [2.75, 3.05) is 39.6 Å². The summed E-state index contributed by atoms with van der Waals surface area (Å²) in [6.07, 6.45) is 66.7. The second-order valence-corrected chi connectivity index (χ2v) is 32.7. The molecule has 0 saturated heterocycles. The maximum Gasteiger partial charge on any atom is 0.472 e. The smallest absolute Gasteiger partial charge is 0.462 e. The summed E-state index contributed by atoms with van der Waals surface area (Å²) in [6, 6.07) is 0. The van der Waals surface area contributed by atoms with Gasteiger partial charge < -0.3 is 33.8 Å². The van der Waals surface area contributed by atoms with E-state index in [0.717, 1.165) is 109 Å². The van der Waals surface area contributed by atoms with Gasteiger partial charge in [-0.3, -0.25) is 37.3 Å². The van der Waals surface area contributed by atoms with Crippen LogP contribution in [0.3, 0.4) is 0 Å². The van der Waals surface area contributed by atoms with Crippen LogP contribution >= 0.6 is 15.6 Å². The summed E-state index contributed by atoms with van der Waals surface area (Å²) in [7, 11) is -9.91. The van der Waals surface area contributed by atoms with Gasteiger partial charge in [0.2, 0.25) is 0 Å². The Morgan fingerprint density at radius 1 is 0.277 bits per heavy atom. The second-order valence-electron chi connectivity index (χ2n) is 29.8. The van der Waals surface area contributed by atoms with E-state index in [1.54, 1.807) is 0 Å². The van der Waals surface area contributed by atoms with Crippen LogP contribution in [0.2, 0.25) is 0 Å². The SMILES string of the molecule is CCCCCCCCCCCCCCCCCCCCCC(=O)O[C@H](COC(=O)CCCCCCCCCCCCCCCCC(C)CC)COP(=O)(O)OC[C@@H](O)COP(=O)(O)OC[C@@H](COC(=O)CCCCCCCCC)OC(=O)CCCCCCCCCCCCCCCCCCC. The molecule has 17 nitrogen and oxygen atoms in total. The highest BCUT2D eigenvalue weighted by molar-refractivity contribution is 7.47. The van der Waals surface area contributed by atoms with Crippen molar-refractivity contribution in [3.05, 3.63) is 0 Å². The molecule has 0 aromatic rings. The first-order chi connectivity index (χ1) is 49.1. The Balaban J connectivity index is 5.17. The highest BCUT2D eigenvalue weighted by atomic mass is 31.2. The average Bonchev–Trinajstić information content (AvgIpc) is 0.917. The van der Waals surface area contributed by atoms with Crippen LogP contribution in [-0.4, -0.2) is 96.7 Å². The molecule has 0 bridgehead atoms. The molecule has 0 saturated carbocycles. The fourth-order valence-corrected chi connectivity index (χ4v) is 14.3. The van der Waals surface area contributed by atoms with E-state index in [0.29, 0.717) is 25.7 Å². The van der Waals surface area contributed by atoms with Crippen molar-refractivity contribution in [3.8, 4) is 0 Å². The summed E-state index contributed by atoms with van der Waals surface area (Å²) in [5.41, 5.74) is 0. The van der Waals surface area contributed by atoms with E-state index in [2.05, 4.69) is 34.6 Å². The Kier molecular flexibility index (Phi) is 73.5. The molecule has 0 aromatic heterocycles. The van der Waals surface area contributed by atoms with Gasteiger partial charge in [-0.25, -0.2) is 9.13 Å². The Morgan fingerprint density at radius 2 is 0.475 bits per heavy atom. The van der Waals surface area contributed by atoms with Crippen LogP contribution in [0, 0.1) is 5.92 Å². The summed E-state index contributed by atoms with van der Waals surface area (Å²) < 4.78 is 68.7. The molecule has 0 amide bonds. The van der Waals surface area contributed by atoms with Gasteiger partial charge in [0.15, 0.2) is 12.2 Å².